The molecule has 1 aliphatic heterocycles. The van der Waals surface area contributed by atoms with Crippen LogP contribution in [0, 0.1) is 0 Å². The first-order chi connectivity index (χ1) is 12.1. The summed E-state index contributed by atoms with van der Waals surface area (Å²) in [5.41, 5.74) is 5.44. The second-order valence-electron chi connectivity index (χ2n) is 5.82. The number of thioether (sulfide) groups is 1. The van der Waals surface area contributed by atoms with Gasteiger partial charge in [0, 0.05) is 13.1 Å². The molecule has 0 aliphatic carbocycles. The van der Waals surface area contributed by atoms with E-state index >= 15 is 0 Å². The third-order valence-corrected chi connectivity index (χ3v) is 6.07. The van der Waals surface area contributed by atoms with E-state index < -0.39 is 11.9 Å². The molecule has 0 bridgehead atoms. The summed E-state index contributed by atoms with van der Waals surface area (Å²) in [5.74, 6) is 0.554. The molecule has 1 fully saturated rings. The van der Waals surface area contributed by atoms with E-state index in [0.717, 1.165) is 30.1 Å². The maximum Gasteiger partial charge on any atom is 0.240 e. The number of carbonyl (C=O) groups excluding carboxylic acids is 2. The highest BCUT2D eigenvalue weighted by Crippen LogP contribution is 2.27. The molecule has 0 saturated carbocycles. The average Bonchev–Trinajstić information content (AvgIpc) is 3.28. The lowest BCUT2D eigenvalue weighted by Gasteiger charge is -2.33. The quantitative estimate of drug-likeness (QED) is 0.775. The van der Waals surface area contributed by atoms with Crippen molar-refractivity contribution in [3.8, 4) is 10.7 Å². The van der Waals surface area contributed by atoms with Gasteiger partial charge in [0.2, 0.25) is 11.8 Å². The van der Waals surface area contributed by atoms with E-state index in [-0.39, 0.29) is 11.7 Å². The maximum atomic E-state index is 12.6. The fraction of sp³-hybridized carbons (Fsp3) is 0.500. The SMILES string of the molecule is CCn1c(SCC(=O)N2CCCC[C@@H]2C(N)=O)nnc1-c1cccs1. The summed E-state index contributed by atoms with van der Waals surface area (Å²) in [7, 11) is 0. The number of nitrogens with zero attached hydrogens (tertiary/aromatic N) is 4. The molecule has 2 aromatic rings. The summed E-state index contributed by atoms with van der Waals surface area (Å²) in [6, 6.07) is 3.50. The summed E-state index contributed by atoms with van der Waals surface area (Å²) in [6.45, 7) is 3.35. The van der Waals surface area contributed by atoms with Crippen LogP contribution in [0.5, 0.6) is 0 Å². The Hall–Kier alpha value is -1.87. The Kier molecular flexibility index (Phi) is 5.74. The van der Waals surface area contributed by atoms with Crippen LogP contribution in [-0.2, 0) is 16.1 Å². The normalized spacial score (nSPS) is 17.6. The first kappa shape index (κ1) is 17.9. The van der Waals surface area contributed by atoms with Crippen LogP contribution < -0.4 is 5.73 Å². The van der Waals surface area contributed by atoms with Crippen LogP contribution in [0.4, 0.5) is 0 Å². The van der Waals surface area contributed by atoms with Crippen molar-refractivity contribution in [1.29, 1.82) is 0 Å². The minimum absolute atomic E-state index is 0.0724. The molecule has 3 rings (SSSR count). The number of aromatic nitrogens is 3. The second kappa shape index (κ2) is 8.01. The molecule has 2 aromatic heterocycles. The van der Waals surface area contributed by atoms with Gasteiger partial charge in [0.25, 0.3) is 0 Å². The highest BCUT2D eigenvalue weighted by Gasteiger charge is 2.30. The molecule has 25 heavy (non-hydrogen) atoms. The van der Waals surface area contributed by atoms with E-state index in [4.69, 9.17) is 5.73 Å². The van der Waals surface area contributed by atoms with Gasteiger partial charge >= 0.3 is 0 Å². The van der Waals surface area contributed by atoms with Gasteiger partial charge in [-0.25, -0.2) is 0 Å². The van der Waals surface area contributed by atoms with Gasteiger partial charge in [0.05, 0.1) is 10.6 Å². The number of nitrogens with two attached hydrogens (primary N) is 1. The molecule has 1 aliphatic rings. The van der Waals surface area contributed by atoms with Gasteiger partial charge in [0.1, 0.15) is 6.04 Å². The minimum atomic E-state index is -0.479. The third-order valence-electron chi connectivity index (χ3n) is 4.25. The van der Waals surface area contributed by atoms with Gasteiger partial charge in [-0.05, 0) is 37.6 Å². The largest absolute Gasteiger partial charge is 0.368 e. The molecular formula is C16H21N5O2S2. The fourth-order valence-electron chi connectivity index (χ4n) is 3.00. The monoisotopic (exact) mass is 379 g/mol. The van der Waals surface area contributed by atoms with Gasteiger partial charge in [-0.1, -0.05) is 17.8 Å². The molecule has 0 spiro atoms. The standard InChI is InChI=1S/C16H21N5O2S2/c1-2-20-15(12-7-5-9-24-12)18-19-16(20)25-10-13(22)21-8-4-3-6-11(21)14(17)23/h5,7,9,11H,2-4,6,8,10H2,1H3,(H2,17,23)/t11-/m1/s1. The van der Waals surface area contributed by atoms with E-state index in [9.17, 15) is 9.59 Å². The molecule has 134 valence electrons. The van der Waals surface area contributed by atoms with Crippen molar-refractivity contribution in [1.82, 2.24) is 19.7 Å². The molecule has 0 unspecified atom stereocenters. The zero-order valence-electron chi connectivity index (χ0n) is 14.1. The van der Waals surface area contributed by atoms with E-state index in [1.165, 1.54) is 11.8 Å². The van der Waals surface area contributed by atoms with Crippen LogP contribution >= 0.6 is 23.1 Å². The van der Waals surface area contributed by atoms with Crippen molar-refractivity contribution in [2.24, 2.45) is 5.73 Å². The highest BCUT2D eigenvalue weighted by atomic mass is 32.2. The smallest absolute Gasteiger partial charge is 0.240 e. The van der Waals surface area contributed by atoms with Crippen LogP contribution in [0.1, 0.15) is 26.2 Å². The van der Waals surface area contributed by atoms with Crippen LogP contribution in [0.15, 0.2) is 22.7 Å². The Morgan fingerprint density at radius 2 is 2.24 bits per heavy atom. The molecule has 0 aromatic carbocycles. The molecular weight excluding hydrogens is 358 g/mol. The van der Waals surface area contributed by atoms with Crippen LogP contribution in [0.2, 0.25) is 0 Å². The number of amides is 2. The summed E-state index contributed by atoms with van der Waals surface area (Å²) in [4.78, 5) is 26.8. The Morgan fingerprint density at radius 1 is 1.40 bits per heavy atom. The summed E-state index contributed by atoms with van der Waals surface area (Å²) in [5, 5.41) is 11.2. The van der Waals surface area contributed by atoms with Crippen LogP contribution in [0.25, 0.3) is 10.7 Å². The van der Waals surface area contributed by atoms with Gasteiger partial charge in [-0.15, -0.1) is 21.5 Å². The molecule has 0 radical (unpaired) electrons. The summed E-state index contributed by atoms with van der Waals surface area (Å²) < 4.78 is 2.01. The van der Waals surface area contributed by atoms with Crippen molar-refractivity contribution in [3.05, 3.63) is 17.5 Å². The summed E-state index contributed by atoms with van der Waals surface area (Å²) >= 11 is 2.97. The molecule has 1 atom stereocenters. The first-order valence-corrected chi connectivity index (χ1v) is 10.2. The van der Waals surface area contributed by atoms with Crippen molar-refractivity contribution in [2.75, 3.05) is 12.3 Å². The predicted octanol–water partition coefficient (Wildman–Crippen LogP) is 1.98. The molecule has 2 N–H and O–H groups in total. The number of hydrogen-bond donors (Lipinski definition) is 1. The lowest BCUT2D eigenvalue weighted by atomic mass is 10.0. The second-order valence-corrected chi connectivity index (χ2v) is 7.71. The number of piperidine rings is 1. The van der Waals surface area contributed by atoms with E-state index in [1.807, 2.05) is 29.0 Å². The lowest BCUT2D eigenvalue weighted by Crippen LogP contribution is -2.51. The number of likely N-dealkylation sites (tertiary alicyclic amines) is 1. The zero-order chi connectivity index (χ0) is 17.8. The van der Waals surface area contributed by atoms with Crippen molar-refractivity contribution >= 4 is 34.9 Å². The Labute approximate surface area is 154 Å². The highest BCUT2D eigenvalue weighted by molar-refractivity contribution is 7.99. The number of thiophene rings is 1. The zero-order valence-corrected chi connectivity index (χ0v) is 15.7. The summed E-state index contributed by atoms with van der Waals surface area (Å²) in [6.07, 6.45) is 2.49. The van der Waals surface area contributed by atoms with Crippen LogP contribution in [-0.4, -0.2) is 49.8 Å². The molecule has 7 nitrogen and oxygen atoms in total. The number of hydrogen-bond acceptors (Lipinski definition) is 6. The van der Waals surface area contributed by atoms with E-state index in [1.54, 1.807) is 16.2 Å². The predicted molar refractivity (Wildman–Crippen MR) is 98.3 cm³/mol. The topological polar surface area (TPSA) is 94.1 Å². The number of primary amides is 1. The van der Waals surface area contributed by atoms with Gasteiger partial charge in [0.15, 0.2) is 11.0 Å². The average molecular weight is 380 g/mol. The number of rotatable bonds is 6. The molecule has 3 heterocycles. The Balaban J connectivity index is 1.69. The molecule has 2 amide bonds. The lowest BCUT2D eigenvalue weighted by molar-refractivity contribution is -0.138. The molecule has 9 heteroatoms. The van der Waals surface area contributed by atoms with Gasteiger partial charge in [-0.2, -0.15) is 0 Å². The van der Waals surface area contributed by atoms with Crippen molar-refractivity contribution in [3.63, 3.8) is 0 Å². The Bertz CT molecular complexity index is 744. The van der Waals surface area contributed by atoms with E-state index in [2.05, 4.69) is 10.2 Å². The van der Waals surface area contributed by atoms with Crippen LogP contribution in [0.3, 0.4) is 0 Å². The Morgan fingerprint density at radius 3 is 2.92 bits per heavy atom. The fourth-order valence-corrected chi connectivity index (χ4v) is 4.61. The van der Waals surface area contributed by atoms with Crippen molar-refractivity contribution in [2.45, 2.75) is 43.9 Å². The van der Waals surface area contributed by atoms with E-state index in [0.29, 0.717) is 18.1 Å². The first-order valence-electron chi connectivity index (χ1n) is 8.30. The minimum Gasteiger partial charge on any atom is -0.368 e. The van der Waals surface area contributed by atoms with Gasteiger partial charge in [-0.3, -0.25) is 9.59 Å². The maximum absolute atomic E-state index is 12.6. The number of carbonyl (C=O) groups is 2. The van der Waals surface area contributed by atoms with Gasteiger partial charge < -0.3 is 15.2 Å². The van der Waals surface area contributed by atoms with Crippen molar-refractivity contribution < 1.29 is 9.59 Å². The third kappa shape index (κ3) is 3.87. The molecule has 1 saturated heterocycles.